The minimum atomic E-state index is -10.3. The third kappa shape index (κ3) is 6.65. The van der Waals surface area contributed by atoms with Gasteiger partial charge < -0.3 is 0 Å². The molecule has 37 heteroatoms. The van der Waals surface area contributed by atoms with Gasteiger partial charge in [-0.15, -0.1) is 11.7 Å². The Hall–Kier alpha value is -1.75. The number of hydrogen-bond donors (Lipinski definition) is 1. The fourth-order valence-corrected chi connectivity index (χ4v) is 4.00. The third-order valence-corrected chi connectivity index (χ3v) is 8.67. The summed E-state index contributed by atoms with van der Waals surface area (Å²) in [7, 11) is -0.403. The van der Waals surface area contributed by atoms with Crippen molar-refractivity contribution < 1.29 is 154 Å². The van der Waals surface area contributed by atoms with Gasteiger partial charge in [0.05, 0.1) is 0 Å². The molecule has 0 saturated carbocycles. The maximum absolute atomic E-state index is 14.0. The molecule has 0 nitrogen and oxygen atoms in total. The van der Waals surface area contributed by atoms with E-state index in [4.69, 9.17) is 0 Å². The van der Waals surface area contributed by atoms with Crippen LogP contribution < -0.4 is 0 Å². The lowest BCUT2D eigenvalue weighted by Gasteiger charge is -2.47. The summed E-state index contributed by atoms with van der Waals surface area (Å²) in [4.78, 5) is 0. The summed E-state index contributed by atoms with van der Waals surface area (Å²) in [6.07, 6.45) is -11.4. The Bertz CT molecular complexity index is 1430. The Morgan fingerprint density at radius 1 is 0.281 bits per heavy atom. The number of thiol groups is 1. The Morgan fingerprint density at radius 3 is 0.561 bits per heavy atom. The van der Waals surface area contributed by atoms with Gasteiger partial charge in [-0.1, -0.05) is 17.7 Å². The van der Waals surface area contributed by atoms with Crippen LogP contribution in [-0.4, -0.2) is 106 Å². The van der Waals surface area contributed by atoms with Crippen LogP contribution in [0.1, 0.15) is 13.3 Å². The van der Waals surface area contributed by atoms with Gasteiger partial charge in [0.1, 0.15) is 0 Å². The van der Waals surface area contributed by atoms with Gasteiger partial charge in [0.15, 0.2) is 0 Å². The minimum Gasteiger partial charge on any atom is -0.200 e. The molecule has 0 aliphatic carbocycles. The summed E-state index contributed by atoms with van der Waals surface area (Å²) in [5, 5.41) is -2.33. The second-order valence-corrected chi connectivity index (χ2v) is 12.6. The molecule has 1 unspecified atom stereocenters. The van der Waals surface area contributed by atoms with E-state index >= 15 is 0 Å². The lowest BCUT2D eigenvalue weighted by Crippen LogP contribution is -2.80. The number of halogens is 35. The third-order valence-electron chi connectivity index (χ3n) is 7.06. The molecular formula is C20H7F35S2. The van der Waals surface area contributed by atoms with E-state index in [0.29, 0.717) is 0 Å². The second-order valence-electron chi connectivity index (χ2n) is 10.9. The van der Waals surface area contributed by atoms with E-state index in [9.17, 15) is 154 Å². The van der Waals surface area contributed by atoms with Crippen molar-refractivity contribution in [3.63, 3.8) is 0 Å². The zero-order chi connectivity index (χ0) is 47.5. The van der Waals surface area contributed by atoms with Crippen molar-refractivity contribution in [1.29, 1.82) is 0 Å². The fraction of sp³-hybridized carbons (Fsp3) is 1.00. The van der Waals surface area contributed by atoms with Gasteiger partial charge >= 0.3 is 101 Å². The van der Waals surface area contributed by atoms with Crippen molar-refractivity contribution in [1.82, 2.24) is 0 Å². The first-order valence-electron chi connectivity index (χ1n) is 12.4. The Labute approximate surface area is 296 Å². The highest BCUT2D eigenvalue weighted by Crippen LogP contribution is 2.70. The first-order chi connectivity index (χ1) is 24.0. The molecule has 0 heterocycles. The Balaban J connectivity index is 7.78. The zero-order valence-electron chi connectivity index (χ0n) is 24.9. The average molecular weight is 976 g/mol. The van der Waals surface area contributed by atoms with Crippen molar-refractivity contribution in [2.75, 3.05) is 0 Å². The van der Waals surface area contributed by atoms with E-state index in [1.807, 2.05) is 0 Å². The Morgan fingerprint density at radius 2 is 0.421 bits per heavy atom. The molecule has 0 fully saturated rings. The SMILES string of the molecule is CC(CC(F)(F)C(F)(F)C(F)(F)C(F)(F)C(F)(F)C(F)(F)C(F)(F)C(F)(F)C(F)(F)C(F)(F)C(F)(F)C(F)(F)C(F)(F)C(F)(F)C(F)(F)C(F)(F)C(F)(F)F)SS. The van der Waals surface area contributed by atoms with E-state index in [2.05, 4.69) is 11.7 Å². The summed E-state index contributed by atoms with van der Waals surface area (Å²) in [5.41, 5.74) is 0. The second kappa shape index (κ2) is 13.9. The summed E-state index contributed by atoms with van der Waals surface area (Å²) in [5.74, 6) is -154. The van der Waals surface area contributed by atoms with Gasteiger partial charge in [-0.3, -0.25) is 0 Å². The molecule has 1 atom stereocenters. The van der Waals surface area contributed by atoms with Crippen LogP contribution in [0.2, 0.25) is 0 Å². The molecule has 57 heavy (non-hydrogen) atoms. The molecular weight excluding hydrogens is 969 g/mol. The van der Waals surface area contributed by atoms with Crippen LogP contribution in [-0.2, 0) is 0 Å². The van der Waals surface area contributed by atoms with E-state index in [1.165, 1.54) is 0 Å². The summed E-state index contributed by atoms with van der Waals surface area (Å²) >= 11 is 2.99. The molecule has 0 radical (unpaired) electrons. The molecule has 0 bridgehead atoms. The highest BCUT2D eigenvalue weighted by Gasteiger charge is 3.02. The molecule has 0 aromatic rings. The predicted molar refractivity (Wildman–Crippen MR) is 116 cm³/mol. The van der Waals surface area contributed by atoms with Gasteiger partial charge in [-0.2, -0.15) is 154 Å². The maximum atomic E-state index is 14.0. The largest absolute Gasteiger partial charge is 0.460 e. The fourth-order valence-electron chi connectivity index (χ4n) is 3.50. The van der Waals surface area contributed by atoms with Crippen LogP contribution in [0.3, 0.4) is 0 Å². The molecule has 0 rings (SSSR count). The minimum absolute atomic E-state index is 0.229. The monoisotopic (exact) mass is 976 g/mol. The normalized spacial score (nSPS) is 17.6. The number of rotatable bonds is 18. The van der Waals surface area contributed by atoms with Gasteiger partial charge in [0.2, 0.25) is 0 Å². The maximum Gasteiger partial charge on any atom is 0.460 e. The summed E-state index contributed by atoms with van der Waals surface area (Å²) in [6, 6.07) is 0. The van der Waals surface area contributed by atoms with Crippen LogP contribution >= 0.6 is 22.5 Å². The van der Waals surface area contributed by atoms with E-state index in [0.717, 1.165) is 0 Å². The molecule has 0 spiro atoms. The number of alkyl halides is 35. The average Bonchev–Trinajstić information content (AvgIpc) is 2.98. The zero-order valence-corrected chi connectivity index (χ0v) is 26.6. The molecule has 0 aliphatic rings. The van der Waals surface area contributed by atoms with Crippen molar-refractivity contribution in [3.8, 4) is 0 Å². The van der Waals surface area contributed by atoms with Crippen molar-refractivity contribution in [2.45, 2.75) is 120 Å². The molecule has 0 aromatic carbocycles. The van der Waals surface area contributed by atoms with Gasteiger partial charge in [0, 0.05) is 11.7 Å². The van der Waals surface area contributed by atoms with Crippen molar-refractivity contribution >= 4 is 22.5 Å². The van der Waals surface area contributed by atoms with Crippen LogP contribution in [0.4, 0.5) is 154 Å². The first kappa shape index (κ1) is 55.2. The predicted octanol–water partition coefficient (Wildman–Crippen LogP) is 13.1. The van der Waals surface area contributed by atoms with Gasteiger partial charge in [-0.05, 0) is 0 Å². The lowest BCUT2D eigenvalue weighted by atomic mass is 9.82. The lowest BCUT2D eigenvalue weighted by molar-refractivity contribution is -0.492. The molecule has 0 saturated heterocycles. The van der Waals surface area contributed by atoms with Crippen LogP contribution in [0.5, 0.6) is 0 Å². The van der Waals surface area contributed by atoms with Crippen LogP contribution in [0.15, 0.2) is 0 Å². The smallest absolute Gasteiger partial charge is 0.200 e. The first-order valence-corrected chi connectivity index (χ1v) is 14.3. The van der Waals surface area contributed by atoms with Crippen LogP contribution in [0.25, 0.3) is 0 Å². The summed E-state index contributed by atoms with van der Waals surface area (Å²) < 4.78 is 476. The standard InChI is InChI=1S/C20H7F35S2/c1-3(57-56)2-4(21,22)5(23,24)6(25,26)7(27,28)8(29,30)9(31,32)10(33,34)11(35,36)12(37,38)13(39,40)14(41,42)15(43,44)16(45,46)17(47,48)18(49,50)19(51,52)20(53,54)55/h3,56H,2H2,1H3. The van der Waals surface area contributed by atoms with E-state index in [1.54, 1.807) is 0 Å². The molecule has 0 N–H and O–H groups in total. The topological polar surface area (TPSA) is 0 Å². The van der Waals surface area contributed by atoms with Crippen molar-refractivity contribution in [2.24, 2.45) is 0 Å². The Kier molecular flexibility index (Phi) is 13.5. The van der Waals surface area contributed by atoms with E-state index in [-0.39, 0.29) is 6.92 Å². The van der Waals surface area contributed by atoms with Gasteiger partial charge in [0.25, 0.3) is 0 Å². The quantitative estimate of drug-likeness (QED) is 0.0811. The van der Waals surface area contributed by atoms with Crippen molar-refractivity contribution in [3.05, 3.63) is 0 Å². The molecule has 0 amide bonds. The highest BCUT2D eigenvalue weighted by atomic mass is 33.1. The molecule has 344 valence electrons. The summed E-state index contributed by atoms with van der Waals surface area (Å²) in [6.45, 7) is 0.229. The van der Waals surface area contributed by atoms with E-state index < -0.39 is 123 Å². The molecule has 0 aliphatic heterocycles. The highest BCUT2D eigenvalue weighted by molar-refractivity contribution is 8.68. The van der Waals surface area contributed by atoms with Gasteiger partial charge in [-0.25, -0.2) is 0 Å². The number of hydrogen-bond acceptors (Lipinski definition) is 2. The molecule has 0 aromatic heterocycles. The van der Waals surface area contributed by atoms with Crippen LogP contribution in [0, 0.1) is 0 Å².